The Hall–Kier alpha value is -2.14. The molecule has 1 atom stereocenters. The van der Waals surface area contributed by atoms with Gasteiger partial charge in [-0.1, -0.05) is 0 Å². The van der Waals surface area contributed by atoms with Crippen LogP contribution >= 0.6 is 0 Å². The smallest absolute Gasteiger partial charge is 0.251 e. The highest BCUT2D eigenvalue weighted by atomic mass is 16.3. The van der Waals surface area contributed by atoms with E-state index in [0.29, 0.717) is 18.5 Å². The molecule has 2 aromatic rings. The first-order valence-corrected chi connectivity index (χ1v) is 6.64. The number of hydrogen-bond acceptors (Lipinski definition) is 3. The van der Waals surface area contributed by atoms with Gasteiger partial charge in [0.25, 0.3) is 5.91 Å². The lowest BCUT2D eigenvalue weighted by Gasteiger charge is -2.07. The van der Waals surface area contributed by atoms with Crippen molar-refractivity contribution in [2.75, 3.05) is 6.54 Å². The standard InChI is InChI=1S/C15H19N3O2/c1-11-9-17-18(10-11)14-5-3-13(4-6-14)15(20)16-8-7-12(2)19/h3-6,9-10,12,19H,7-8H2,1-2H3,(H,16,20). The maximum atomic E-state index is 11.9. The zero-order valence-electron chi connectivity index (χ0n) is 11.7. The van der Waals surface area contributed by atoms with Gasteiger partial charge in [-0.05, 0) is 50.1 Å². The summed E-state index contributed by atoms with van der Waals surface area (Å²) < 4.78 is 1.77. The fourth-order valence-corrected chi connectivity index (χ4v) is 1.82. The van der Waals surface area contributed by atoms with Crippen molar-refractivity contribution < 1.29 is 9.90 Å². The third-order valence-electron chi connectivity index (χ3n) is 2.95. The lowest BCUT2D eigenvalue weighted by atomic mass is 10.2. The molecule has 0 radical (unpaired) electrons. The number of aliphatic hydroxyl groups excluding tert-OH is 1. The molecule has 1 aromatic carbocycles. The molecule has 0 aliphatic heterocycles. The highest BCUT2D eigenvalue weighted by Gasteiger charge is 2.06. The summed E-state index contributed by atoms with van der Waals surface area (Å²) in [7, 11) is 0. The Balaban J connectivity index is 1.99. The summed E-state index contributed by atoms with van der Waals surface area (Å²) in [5.74, 6) is -0.131. The zero-order valence-corrected chi connectivity index (χ0v) is 11.7. The average Bonchev–Trinajstić information content (AvgIpc) is 2.85. The second kappa shape index (κ2) is 6.34. The number of carbonyl (C=O) groups excluding carboxylic acids is 1. The molecule has 1 unspecified atom stereocenters. The first-order valence-electron chi connectivity index (χ1n) is 6.64. The summed E-state index contributed by atoms with van der Waals surface area (Å²) in [6, 6.07) is 7.25. The van der Waals surface area contributed by atoms with Crippen molar-refractivity contribution >= 4 is 5.91 Å². The fraction of sp³-hybridized carbons (Fsp3) is 0.333. The summed E-state index contributed by atoms with van der Waals surface area (Å²) in [5, 5.41) is 16.1. The van der Waals surface area contributed by atoms with Gasteiger partial charge in [-0.15, -0.1) is 0 Å². The first-order chi connectivity index (χ1) is 9.56. The summed E-state index contributed by atoms with van der Waals surface area (Å²) in [5.41, 5.74) is 2.60. The molecule has 20 heavy (non-hydrogen) atoms. The van der Waals surface area contributed by atoms with Crippen LogP contribution in [0.15, 0.2) is 36.7 Å². The Morgan fingerprint density at radius 2 is 2.10 bits per heavy atom. The molecule has 5 heteroatoms. The summed E-state index contributed by atoms with van der Waals surface area (Å²) >= 11 is 0. The molecule has 0 aliphatic rings. The number of benzene rings is 1. The van der Waals surface area contributed by atoms with E-state index in [1.54, 1.807) is 29.9 Å². The molecule has 2 rings (SSSR count). The van der Waals surface area contributed by atoms with Gasteiger partial charge in [0.1, 0.15) is 0 Å². The van der Waals surface area contributed by atoms with Crippen LogP contribution in [0.2, 0.25) is 0 Å². The van der Waals surface area contributed by atoms with E-state index < -0.39 is 6.10 Å². The molecule has 0 saturated carbocycles. The van der Waals surface area contributed by atoms with E-state index in [2.05, 4.69) is 10.4 Å². The van der Waals surface area contributed by atoms with Crippen molar-refractivity contribution in [1.82, 2.24) is 15.1 Å². The van der Waals surface area contributed by atoms with Crippen LogP contribution in [-0.4, -0.2) is 33.4 Å². The second-order valence-corrected chi connectivity index (χ2v) is 4.90. The van der Waals surface area contributed by atoms with E-state index in [1.807, 2.05) is 25.3 Å². The fourth-order valence-electron chi connectivity index (χ4n) is 1.82. The third kappa shape index (κ3) is 3.68. The molecule has 1 amide bonds. The van der Waals surface area contributed by atoms with Crippen LogP contribution in [0.1, 0.15) is 29.3 Å². The zero-order chi connectivity index (χ0) is 14.5. The van der Waals surface area contributed by atoms with Crippen LogP contribution in [0.25, 0.3) is 5.69 Å². The number of carbonyl (C=O) groups is 1. The number of amides is 1. The van der Waals surface area contributed by atoms with Gasteiger partial charge in [0.15, 0.2) is 0 Å². The van der Waals surface area contributed by atoms with Crippen molar-refractivity contribution in [3.05, 3.63) is 47.8 Å². The van der Waals surface area contributed by atoms with Gasteiger partial charge in [0, 0.05) is 18.3 Å². The molecule has 0 aliphatic carbocycles. The predicted molar refractivity (Wildman–Crippen MR) is 76.9 cm³/mol. The lowest BCUT2D eigenvalue weighted by Crippen LogP contribution is -2.26. The minimum atomic E-state index is -0.402. The van der Waals surface area contributed by atoms with Crippen LogP contribution in [0.5, 0.6) is 0 Å². The van der Waals surface area contributed by atoms with Crippen LogP contribution in [0.4, 0.5) is 0 Å². The van der Waals surface area contributed by atoms with Gasteiger partial charge in [0.05, 0.1) is 18.0 Å². The van der Waals surface area contributed by atoms with Crippen LogP contribution in [0.3, 0.4) is 0 Å². The van der Waals surface area contributed by atoms with Crippen molar-refractivity contribution in [3.8, 4) is 5.69 Å². The van der Waals surface area contributed by atoms with Gasteiger partial charge in [0.2, 0.25) is 0 Å². The van der Waals surface area contributed by atoms with Gasteiger partial charge in [-0.25, -0.2) is 4.68 Å². The van der Waals surface area contributed by atoms with Gasteiger partial charge in [-0.3, -0.25) is 4.79 Å². The number of nitrogens with zero attached hydrogens (tertiary/aromatic N) is 2. The maximum absolute atomic E-state index is 11.9. The van der Waals surface area contributed by atoms with E-state index in [-0.39, 0.29) is 5.91 Å². The quantitative estimate of drug-likeness (QED) is 0.871. The van der Waals surface area contributed by atoms with E-state index in [4.69, 9.17) is 5.11 Å². The molecule has 0 saturated heterocycles. The monoisotopic (exact) mass is 273 g/mol. The Kier molecular flexibility index (Phi) is 4.53. The normalized spacial score (nSPS) is 12.2. The van der Waals surface area contributed by atoms with E-state index in [1.165, 1.54) is 0 Å². The van der Waals surface area contributed by atoms with Gasteiger partial charge >= 0.3 is 0 Å². The van der Waals surface area contributed by atoms with Crippen molar-refractivity contribution in [3.63, 3.8) is 0 Å². The Morgan fingerprint density at radius 1 is 1.40 bits per heavy atom. The third-order valence-corrected chi connectivity index (χ3v) is 2.95. The Morgan fingerprint density at radius 3 is 2.65 bits per heavy atom. The van der Waals surface area contributed by atoms with E-state index >= 15 is 0 Å². The second-order valence-electron chi connectivity index (χ2n) is 4.90. The highest BCUT2D eigenvalue weighted by Crippen LogP contribution is 2.10. The topological polar surface area (TPSA) is 67.2 Å². The van der Waals surface area contributed by atoms with E-state index in [0.717, 1.165) is 11.3 Å². The molecule has 0 spiro atoms. The molecule has 5 nitrogen and oxygen atoms in total. The molecular formula is C15H19N3O2. The maximum Gasteiger partial charge on any atom is 0.251 e. The molecule has 1 aromatic heterocycles. The van der Waals surface area contributed by atoms with Crippen molar-refractivity contribution in [2.45, 2.75) is 26.4 Å². The molecule has 1 heterocycles. The largest absolute Gasteiger partial charge is 0.393 e. The lowest BCUT2D eigenvalue weighted by molar-refractivity contribution is 0.0945. The highest BCUT2D eigenvalue weighted by molar-refractivity contribution is 5.94. The molecule has 0 bridgehead atoms. The number of aryl methyl sites for hydroxylation is 1. The summed E-state index contributed by atoms with van der Waals surface area (Å²) in [4.78, 5) is 11.9. The molecule has 2 N–H and O–H groups in total. The Bertz CT molecular complexity index is 573. The van der Waals surface area contributed by atoms with Crippen LogP contribution in [0, 0.1) is 6.92 Å². The SMILES string of the molecule is Cc1cnn(-c2ccc(C(=O)NCCC(C)O)cc2)c1. The minimum absolute atomic E-state index is 0.131. The molecular weight excluding hydrogens is 254 g/mol. The van der Waals surface area contributed by atoms with Gasteiger partial charge < -0.3 is 10.4 Å². The molecule has 0 fully saturated rings. The van der Waals surface area contributed by atoms with Crippen molar-refractivity contribution in [2.24, 2.45) is 0 Å². The average molecular weight is 273 g/mol. The summed E-state index contributed by atoms with van der Waals surface area (Å²) in [6.07, 6.45) is 3.87. The minimum Gasteiger partial charge on any atom is -0.393 e. The van der Waals surface area contributed by atoms with Crippen LogP contribution < -0.4 is 5.32 Å². The predicted octanol–water partition coefficient (Wildman–Crippen LogP) is 1.68. The Labute approximate surface area is 118 Å². The van der Waals surface area contributed by atoms with E-state index in [9.17, 15) is 4.79 Å². The number of aliphatic hydroxyl groups is 1. The first kappa shape index (κ1) is 14.3. The number of aromatic nitrogens is 2. The number of rotatable bonds is 5. The van der Waals surface area contributed by atoms with Crippen molar-refractivity contribution in [1.29, 1.82) is 0 Å². The number of nitrogens with one attached hydrogen (secondary N) is 1. The molecule has 106 valence electrons. The van der Waals surface area contributed by atoms with Gasteiger partial charge in [-0.2, -0.15) is 5.10 Å². The summed E-state index contributed by atoms with van der Waals surface area (Å²) in [6.45, 7) is 4.15. The van der Waals surface area contributed by atoms with Crippen LogP contribution in [-0.2, 0) is 0 Å². The number of hydrogen-bond donors (Lipinski definition) is 2.